The zero-order chi connectivity index (χ0) is 23.4. The van der Waals surface area contributed by atoms with Crippen LogP contribution in [0.3, 0.4) is 0 Å². The summed E-state index contributed by atoms with van der Waals surface area (Å²) in [5.74, 6) is 1.06. The third-order valence-electron chi connectivity index (χ3n) is 5.83. The third-order valence-corrected chi connectivity index (χ3v) is 5.83. The van der Waals surface area contributed by atoms with E-state index in [0.29, 0.717) is 45.3 Å². The van der Waals surface area contributed by atoms with Gasteiger partial charge in [0.15, 0.2) is 23.4 Å². The number of nitrogens with zero attached hydrogens (tertiary/aromatic N) is 1. The maximum Gasteiger partial charge on any atom is 0.344 e. The number of para-hydroxylation sites is 1. The second-order valence-electron chi connectivity index (χ2n) is 7.91. The molecule has 0 spiro atoms. The molecule has 0 aliphatic carbocycles. The fourth-order valence-corrected chi connectivity index (χ4v) is 4.38. The fraction of sp³-hybridized carbons (Fsp3) is 0.208. The van der Waals surface area contributed by atoms with Gasteiger partial charge in [0.2, 0.25) is 12.5 Å². The molecule has 10 heteroatoms. The first-order valence-corrected chi connectivity index (χ1v) is 10.5. The van der Waals surface area contributed by atoms with Crippen molar-refractivity contribution in [2.45, 2.75) is 18.9 Å². The summed E-state index contributed by atoms with van der Waals surface area (Å²) >= 11 is 0. The molecule has 1 N–H and O–H groups in total. The van der Waals surface area contributed by atoms with Gasteiger partial charge in [0.25, 0.3) is 5.91 Å². The smallest absolute Gasteiger partial charge is 0.344 e. The maximum absolute atomic E-state index is 13.4. The number of hydrogen-bond acceptors (Lipinski definition) is 9. The number of carbonyl (C=O) groups excluding carboxylic acids is 1. The van der Waals surface area contributed by atoms with E-state index in [9.17, 15) is 9.59 Å². The van der Waals surface area contributed by atoms with Crippen LogP contribution in [0, 0.1) is 6.92 Å². The largest absolute Gasteiger partial charge is 0.493 e. The molecule has 0 radical (unpaired) electrons. The summed E-state index contributed by atoms with van der Waals surface area (Å²) < 4.78 is 33.3. The minimum atomic E-state index is -1.11. The van der Waals surface area contributed by atoms with Gasteiger partial charge in [0, 0.05) is 6.07 Å². The van der Waals surface area contributed by atoms with Crippen LogP contribution in [0.5, 0.6) is 23.0 Å². The number of carbonyl (C=O) groups is 1. The molecule has 2 atom stereocenters. The van der Waals surface area contributed by atoms with E-state index in [2.05, 4.69) is 10.5 Å². The zero-order valence-corrected chi connectivity index (χ0v) is 18.1. The van der Waals surface area contributed by atoms with Gasteiger partial charge in [-0.3, -0.25) is 4.79 Å². The number of fused-ring (bicyclic) bond motifs is 4. The van der Waals surface area contributed by atoms with E-state index >= 15 is 0 Å². The molecule has 4 heterocycles. The summed E-state index contributed by atoms with van der Waals surface area (Å²) in [6.45, 7) is 1.75. The van der Waals surface area contributed by atoms with Crippen LogP contribution < -0.4 is 29.9 Å². The van der Waals surface area contributed by atoms with Crippen molar-refractivity contribution >= 4 is 22.7 Å². The highest BCUT2D eigenvalue weighted by Crippen LogP contribution is 2.49. The number of aryl methyl sites for hydroxylation is 1. The van der Waals surface area contributed by atoms with Gasteiger partial charge in [-0.1, -0.05) is 17.3 Å². The summed E-state index contributed by atoms with van der Waals surface area (Å²) in [4.78, 5) is 26.5. The summed E-state index contributed by atoms with van der Waals surface area (Å²) in [5, 5.41) is 7.10. The second kappa shape index (κ2) is 7.55. The first-order chi connectivity index (χ1) is 16.5. The number of methoxy groups -OCH3 is 1. The normalized spacial score (nSPS) is 17.9. The first kappa shape index (κ1) is 20.2. The number of nitrogens with one attached hydrogen (secondary N) is 1. The summed E-state index contributed by atoms with van der Waals surface area (Å²) in [5.41, 5.74) is 0.569. The van der Waals surface area contributed by atoms with Crippen molar-refractivity contribution in [2.75, 3.05) is 19.2 Å². The Labute approximate surface area is 192 Å². The lowest BCUT2D eigenvalue weighted by molar-refractivity contribution is -0.122. The minimum Gasteiger partial charge on any atom is -0.493 e. The van der Waals surface area contributed by atoms with Crippen molar-refractivity contribution in [3.05, 3.63) is 69.8 Å². The predicted molar refractivity (Wildman–Crippen MR) is 118 cm³/mol. The molecule has 172 valence electrons. The third kappa shape index (κ3) is 3.06. The molecule has 1 amide bonds. The molecule has 6 rings (SSSR count). The minimum absolute atomic E-state index is 0.0368. The molecule has 0 saturated carbocycles. The van der Waals surface area contributed by atoms with Crippen molar-refractivity contribution < 1.29 is 32.7 Å². The van der Waals surface area contributed by atoms with Gasteiger partial charge in [-0.25, -0.2) is 4.79 Å². The van der Waals surface area contributed by atoms with Gasteiger partial charge in [0.1, 0.15) is 17.1 Å². The fourth-order valence-electron chi connectivity index (χ4n) is 4.38. The molecule has 34 heavy (non-hydrogen) atoms. The number of aromatic nitrogens is 1. The summed E-state index contributed by atoms with van der Waals surface area (Å²) in [6, 6.07) is 12.0. The molecule has 2 aliphatic rings. The Bertz CT molecular complexity index is 1500. The van der Waals surface area contributed by atoms with Crippen LogP contribution in [0.2, 0.25) is 0 Å². The molecule has 4 aromatic rings. The van der Waals surface area contributed by atoms with Gasteiger partial charge in [-0.05, 0) is 36.8 Å². The first-order valence-electron chi connectivity index (χ1n) is 10.5. The summed E-state index contributed by atoms with van der Waals surface area (Å²) in [6.07, 6.45) is -1.11. The lowest BCUT2D eigenvalue weighted by Gasteiger charge is -2.19. The molecule has 0 bridgehead atoms. The van der Waals surface area contributed by atoms with E-state index in [0.717, 1.165) is 0 Å². The maximum atomic E-state index is 13.4. The SMILES string of the molecule is COc1cc([C@@H]2c3c(c4ccccc4oc3=O)O[C@@H]2C(=O)Nc2cc(C)on2)cc2c1OCO2. The Morgan fingerprint density at radius 1 is 1.15 bits per heavy atom. The van der Waals surface area contributed by atoms with Crippen molar-refractivity contribution in [3.8, 4) is 23.0 Å². The Kier molecular flexibility index (Phi) is 4.47. The molecule has 0 fully saturated rings. The van der Waals surface area contributed by atoms with Gasteiger partial charge in [0.05, 0.1) is 24.0 Å². The topological polar surface area (TPSA) is 122 Å². The van der Waals surface area contributed by atoms with E-state index in [1.54, 1.807) is 49.4 Å². The van der Waals surface area contributed by atoms with Crippen molar-refractivity contribution in [1.82, 2.24) is 5.16 Å². The molecule has 0 saturated heterocycles. The van der Waals surface area contributed by atoms with Crippen LogP contribution in [-0.4, -0.2) is 31.1 Å². The van der Waals surface area contributed by atoms with Crippen LogP contribution in [0.4, 0.5) is 5.82 Å². The Hall–Kier alpha value is -4.47. The molecule has 2 aromatic heterocycles. The number of ether oxygens (including phenoxy) is 4. The molecule has 10 nitrogen and oxygen atoms in total. The van der Waals surface area contributed by atoms with Crippen LogP contribution >= 0.6 is 0 Å². The molecule has 2 aliphatic heterocycles. The van der Waals surface area contributed by atoms with Crippen molar-refractivity contribution in [2.24, 2.45) is 0 Å². The number of anilines is 1. The van der Waals surface area contributed by atoms with Crippen LogP contribution in [0.1, 0.15) is 22.8 Å². The molecular weight excluding hydrogens is 444 g/mol. The average Bonchev–Trinajstić information content (AvgIpc) is 3.56. The second-order valence-corrected chi connectivity index (χ2v) is 7.91. The van der Waals surface area contributed by atoms with Gasteiger partial charge < -0.3 is 33.2 Å². The van der Waals surface area contributed by atoms with E-state index in [1.807, 2.05) is 0 Å². The molecular formula is C24H18N2O8. The Morgan fingerprint density at radius 3 is 2.79 bits per heavy atom. The van der Waals surface area contributed by atoms with Crippen LogP contribution in [0.15, 0.2) is 56.2 Å². The number of amides is 1. The Balaban J connectivity index is 1.52. The van der Waals surface area contributed by atoms with E-state index < -0.39 is 23.6 Å². The number of hydrogen-bond donors (Lipinski definition) is 1. The quantitative estimate of drug-likeness (QED) is 0.455. The number of benzene rings is 2. The van der Waals surface area contributed by atoms with Crippen LogP contribution in [-0.2, 0) is 4.79 Å². The standard InChI is InChI=1S/C24H18N2O8/c1-11-7-17(26-34-11)25-23(27)22-18(12-8-15(29-2)21-16(9-12)30-10-31-21)19-20(33-22)13-5-3-4-6-14(13)32-24(19)28/h3-9,18,22H,10H2,1-2H3,(H,25,26,27)/t18-,22+/m1/s1. The van der Waals surface area contributed by atoms with E-state index in [-0.39, 0.29) is 18.2 Å². The van der Waals surface area contributed by atoms with Gasteiger partial charge in [-0.2, -0.15) is 0 Å². The molecule has 2 aromatic carbocycles. The van der Waals surface area contributed by atoms with E-state index in [4.69, 9.17) is 27.9 Å². The number of rotatable bonds is 4. The zero-order valence-electron chi connectivity index (χ0n) is 18.1. The monoisotopic (exact) mass is 462 g/mol. The van der Waals surface area contributed by atoms with Crippen molar-refractivity contribution in [3.63, 3.8) is 0 Å². The summed E-state index contributed by atoms with van der Waals surface area (Å²) in [7, 11) is 1.50. The van der Waals surface area contributed by atoms with Crippen molar-refractivity contribution in [1.29, 1.82) is 0 Å². The van der Waals surface area contributed by atoms with Crippen LogP contribution in [0.25, 0.3) is 11.0 Å². The highest BCUT2D eigenvalue weighted by atomic mass is 16.7. The highest BCUT2D eigenvalue weighted by molar-refractivity contribution is 5.97. The highest BCUT2D eigenvalue weighted by Gasteiger charge is 2.45. The lowest BCUT2D eigenvalue weighted by atomic mass is 9.87. The van der Waals surface area contributed by atoms with E-state index in [1.165, 1.54) is 7.11 Å². The average molecular weight is 462 g/mol. The van der Waals surface area contributed by atoms with Gasteiger partial charge >= 0.3 is 5.63 Å². The lowest BCUT2D eigenvalue weighted by Crippen LogP contribution is -2.35. The Morgan fingerprint density at radius 2 is 2.00 bits per heavy atom. The molecule has 0 unspecified atom stereocenters. The van der Waals surface area contributed by atoms with Gasteiger partial charge in [-0.15, -0.1) is 0 Å². The predicted octanol–water partition coefficient (Wildman–Crippen LogP) is 3.36.